The Hall–Kier alpha value is -2.97. The zero-order chi connectivity index (χ0) is 28.8. The molecule has 1 heterocycles. The highest BCUT2D eigenvalue weighted by Gasteiger charge is 2.48. The van der Waals surface area contributed by atoms with Crippen molar-refractivity contribution < 1.29 is 23.7 Å². The van der Waals surface area contributed by atoms with Crippen molar-refractivity contribution in [2.45, 2.75) is 63.2 Å². The van der Waals surface area contributed by atoms with Gasteiger partial charge in [0.25, 0.3) is 0 Å². The molecule has 0 N–H and O–H groups in total. The fraction of sp³-hybridized carbons (Fsp3) is 0.333. The normalized spacial score (nSPS) is 22.2. The van der Waals surface area contributed by atoms with Crippen LogP contribution in [-0.2, 0) is 50.1 Å². The van der Waals surface area contributed by atoms with Crippen LogP contribution in [0, 0.1) is 0 Å². The first-order valence-corrected chi connectivity index (χ1v) is 15.7. The fourth-order valence-electron chi connectivity index (χ4n) is 5.05. The highest BCUT2D eigenvalue weighted by Crippen LogP contribution is 2.35. The third-order valence-corrected chi connectivity index (χ3v) is 8.21. The largest absolute Gasteiger partial charge is 0.374 e. The number of rotatable bonds is 15. The molecule has 0 spiro atoms. The van der Waals surface area contributed by atoms with Crippen LogP contribution in [0.2, 0.25) is 0 Å². The first kappa shape index (κ1) is 30.5. The van der Waals surface area contributed by atoms with Gasteiger partial charge in [-0.15, -0.1) is 11.8 Å². The van der Waals surface area contributed by atoms with Gasteiger partial charge in [0.05, 0.1) is 33.0 Å². The van der Waals surface area contributed by atoms with E-state index in [-0.39, 0.29) is 23.7 Å². The van der Waals surface area contributed by atoms with Crippen LogP contribution < -0.4 is 0 Å². The topological polar surface area (TPSA) is 46.2 Å². The molecule has 1 fully saturated rings. The summed E-state index contributed by atoms with van der Waals surface area (Å²) in [5.74, 6) is 0.883. The Morgan fingerprint density at radius 2 is 0.929 bits per heavy atom. The summed E-state index contributed by atoms with van der Waals surface area (Å²) in [7, 11) is 0. The van der Waals surface area contributed by atoms with Crippen molar-refractivity contribution in [1.82, 2.24) is 0 Å². The second-order valence-corrected chi connectivity index (χ2v) is 11.7. The summed E-state index contributed by atoms with van der Waals surface area (Å²) in [6.45, 7) is 4.37. The van der Waals surface area contributed by atoms with E-state index in [2.05, 4.69) is 55.5 Å². The Labute approximate surface area is 254 Å². The fourth-order valence-corrected chi connectivity index (χ4v) is 6.02. The first-order valence-electron chi connectivity index (χ1n) is 14.7. The minimum atomic E-state index is -0.404. The first-order chi connectivity index (χ1) is 20.8. The van der Waals surface area contributed by atoms with Gasteiger partial charge >= 0.3 is 0 Å². The molecule has 4 aromatic carbocycles. The Balaban J connectivity index is 1.40. The average Bonchev–Trinajstić information content (AvgIpc) is 3.05. The van der Waals surface area contributed by atoms with Crippen LogP contribution in [0.25, 0.3) is 0 Å². The van der Waals surface area contributed by atoms with E-state index in [1.54, 1.807) is 11.8 Å². The molecular formula is C36H40O5S. The summed E-state index contributed by atoms with van der Waals surface area (Å²) in [6, 6.07) is 40.9. The van der Waals surface area contributed by atoms with E-state index >= 15 is 0 Å². The van der Waals surface area contributed by atoms with Crippen molar-refractivity contribution in [2.24, 2.45) is 0 Å². The predicted octanol–water partition coefficient (Wildman–Crippen LogP) is 7.44. The summed E-state index contributed by atoms with van der Waals surface area (Å²) in [5, 5.41) is 0. The van der Waals surface area contributed by atoms with Crippen molar-refractivity contribution in [3.8, 4) is 0 Å². The van der Waals surface area contributed by atoms with Gasteiger partial charge in [0.2, 0.25) is 0 Å². The minimum absolute atomic E-state index is 0.235. The minimum Gasteiger partial charge on any atom is -0.374 e. The van der Waals surface area contributed by atoms with E-state index in [4.69, 9.17) is 23.7 Å². The van der Waals surface area contributed by atoms with Crippen LogP contribution in [0.1, 0.15) is 29.2 Å². The van der Waals surface area contributed by atoms with E-state index in [1.165, 1.54) is 0 Å². The number of thioether (sulfide) groups is 1. The highest BCUT2D eigenvalue weighted by atomic mass is 32.2. The summed E-state index contributed by atoms with van der Waals surface area (Å²) < 4.78 is 33.1. The maximum absolute atomic E-state index is 6.76. The van der Waals surface area contributed by atoms with Crippen LogP contribution in [0.5, 0.6) is 0 Å². The zero-order valence-corrected chi connectivity index (χ0v) is 24.9. The van der Waals surface area contributed by atoms with Gasteiger partial charge in [-0.1, -0.05) is 128 Å². The van der Waals surface area contributed by atoms with Crippen LogP contribution in [0.4, 0.5) is 0 Å². The Morgan fingerprint density at radius 3 is 1.38 bits per heavy atom. The molecule has 5 atom stereocenters. The van der Waals surface area contributed by atoms with Crippen LogP contribution in [-0.4, -0.2) is 42.2 Å². The summed E-state index contributed by atoms with van der Waals surface area (Å²) >= 11 is 1.73. The molecule has 1 aliphatic rings. The van der Waals surface area contributed by atoms with Gasteiger partial charge in [-0.3, -0.25) is 0 Å². The van der Waals surface area contributed by atoms with Crippen molar-refractivity contribution >= 4 is 11.8 Å². The lowest BCUT2D eigenvalue weighted by atomic mass is 9.98. The molecule has 0 aromatic heterocycles. The third-order valence-electron chi connectivity index (χ3n) is 7.17. The Kier molecular flexibility index (Phi) is 12.1. The molecule has 4 aromatic rings. The van der Waals surface area contributed by atoms with Crippen molar-refractivity contribution in [2.75, 3.05) is 12.4 Å². The number of ether oxygens (including phenoxy) is 5. The van der Waals surface area contributed by atoms with Gasteiger partial charge in [0.1, 0.15) is 29.9 Å². The number of hydrogen-bond donors (Lipinski definition) is 0. The molecule has 1 aliphatic heterocycles. The highest BCUT2D eigenvalue weighted by molar-refractivity contribution is 7.99. The Bertz CT molecular complexity index is 1280. The average molecular weight is 585 g/mol. The zero-order valence-electron chi connectivity index (χ0n) is 24.1. The molecule has 42 heavy (non-hydrogen) atoms. The number of benzene rings is 4. The number of hydrogen-bond acceptors (Lipinski definition) is 6. The maximum Gasteiger partial charge on any atom is 0.132 e. The maximum atomic E-state index is 6.76. The molecule has 6 heteroatoms. The predicted molar refractivity (Wildman–Crippen MR) is 168 cm³/mol. The van der Waals surface area contributed by atoms with E-state index in [9.17, 15) is 0 Å². The van der Waals surface area contributed by atoms with Gasteiger partial charge in [-0.05, 0) is 28.0 Å². The third kappa shape index (κ3) is 9.01. The van der Waals surface area contributed by atoms with E-state index in [0.29, 0.717) is 33.0 Å². The summed E-state index contributed by atoms with van der Waals surface area (Å²) in [6.07, 6.45) is -1.45. The molecule has 0 radical (unpaired) electrons. The van der Waals surface area contributed by atoms with Gasteiger partial charge in [0, 0.05) is 0 Å². The summed E-state index contributed by atoms with van der Waals surface area (Å²) in [5.41, 5.74) is 4.19. The second-order valence-electron chi connectivity index (χ2n) is 10.3. The molecule has 5 nitrogen and oxygen atoms in total. The van der Waals surface area contributed by atoms with E-state index in [1.807, 2.05) is 72.8 Å². The van der Waals surface area contributed by atoms with E-state index < -0.39 is 6.10 Å². The second kappa shape index (κ2) is 16.6. The SMILES string of the molecule is CCS[C@@H]1O[C@@H](COCc2ccccc2)[C@@H](OCc2ccccc2)[C@H](OCc2ccccc2)[C@@H]1OCc1ccccc1. The standard InChI is InChI=1S/C36H40O5S/c1-2-42-36-35(40-26-31-21-13-6-14-22-31)34(39-25-30-19-11-5-12-20-30)33(38-24-29-17-9-4-10-18-29)32(41-36)27-37-23-28-15-7-3-8-16-28/h3-22,32-36H,2,23-27H2,1H3/t32-,33+,34-,35-,36-/m0/s1. The summed E-state index contributed by atoms with van der Waals surface area (Å²) in [4.78, 5) is 0. The lowest BCUT2D eigenvalue weighted by Gasteiger charge is -2.46. The van der Waals surface area contributed by atoms with Gasteiger partial charge in [0.15, 0.2) is 0 Å². The van der Waals surface area contributed by atoms with Crippen LogP contribution >= 0.6 is 11.8 Å². The molecule has 220 valence electrons. The lowest BCUT2D eigenvalue weighted by molar-refractivity contribution is -0.254. The van der Waals surface area contributed by atoms with Gasteiger partial charge in [-0.25, -0.2) is 0 Å². The quantitative estimate of drug-likeness (QED) is 0.145. The smallest absolute Gasteiger partial charge is 0.132 e. The molecule has 5 rings (SSSR count). The molecular weight excluding hydrogens is 544 g/mol. The molecule has 0 bridgehead atoms. The Morgan fingerprint density at radius 1 is 0.524 bits per heavy atom. The molecule has 0 saturated carbocycles. The molecule has 0 aliphatic carbocycles. The van der Waals surface area contributed by atoms with Crippen molar-refractivity contribution in [3.63, 3.8) is 0 Å². The van der Waals surface area contributed by atoms with Crippen molar-refractivity contribution in [1.29, 1.82) is 0 Å². The monoisotopic (exact) mass is 584 g/mol. The lowest BCUT2D eigenvalue weighted by Crippen LogP contribution is -2.60. The van der Waals surface area contributed by atoms with Crippen LogP contribution in [0.3, 0.4) is 0 Å². The molecule has 0 unspecified atom stereocenters. The van der Waals surface area contributed by atoms with E-state index in [0.717, 1.165) is 28.0 Å². The van der Waals surface area contributed by atoms with Crippen LogP contribution in [0.15, 0.2) is 121 Å². The molecule has 0 amide bonds. The van der Waals surface area contributed by atoms with Gasteiger partial charge < -0.3 is 23.7 Å². The van der Waals surface area contributed by atoms with Crippen molar-refractivity contribution in [3.05, 3.63) is 144 Å². The molecule has 1 saturated heterocycles. The van der Waals surface area contributed by atoms with Gasteiger partial charge in [-0.2, -0.15) is 0 Å².